The molecule has 74 heavy (non-hydrogen) atoms. The van der Waals surface area contributed by atoms with E-state index in [0.29, 0.717) is 69.1 Å². The van der Waals surface area contributed by atoms with Gasteiger partial charge in [-0.15, -0.1) is 21.5 Å². The van der Waals surface area contributed by atoms with E-state index in [-0.39, 0.29) is 41.5 Å². The number of carbonyl (C=O) groups excluding carboxylic acids is 4. The molecular weight excluding hydrogens is 953 g/mol. The summed E-state index contributed by atoms with van der Waals surface area (Å²) in [5.74, 6) is 0.974. The van der Waals surface area contributed by atoms with Crippen LogP contribution in [0.2, 0.25) is 0 Å². The summed E-state index contributed by atoms with van der Waals surface area (Å²) < 4.78 is 6.35. The number of nitrogens with zero attached hydrogens (tertiary/aromatic N) is 7. The van der Waals surface area contributed by atoms with Crippen molar-refractivity contribution in [2.45, 2.75) is 130 Å². The van der Waals surface area contributed by atoms with E-state index in [1.807, 2.05) is 81.4 Å². The molecule has 3 saturated heterocycles. The number of anilines is 2. The third-order valence-corrected chi connectivity index (χ3v) is 15.6. The van der Waals surface area contributed by atoms with E-state index in [0.717, 1.165) is 97.7 Å². The monoisotopic (exact) mass is 1030 g/mol. The summed E-state index contributed by atoms with van der Waals surface area (Å²) in [6.07, 6.45) is 7.60. The normalized spacial score (nSPS) is 17.1. The number of phenols is 1. The first-order valence-corrected chi connectivity index (χ1v) is 27.3. The van der Waals surface area contributed by atoms with Crippen LogP contribution in [-0.2, 0) is 25.7 Å². The van der Waals surface area contributed by atoms with E-state index >= 15 is 0 Å². The number of hydrogen-bond acceptors (Lipinski definition) is 13. The lowest BCUT2D eigenvalue weighted by atomic mass is 9.85. The second-order valence-corrected chi connectivity index (χ2v) is 22.1. The Balaban J connectivity index is 0.681. The van der Waals surface area contributed by atoms with Gasteiger partial charge < -0.3 is 40.9 Å². The van der Waals surface area contributed by atoms with E-state index < -0.39 is 17.5 Å². The predicted octanol–water partition coefficient (Wildman–Crippen LogP) is 8.30. The minimum absolute atomic E-state index is 0.00430. The number of likely N-dealkylation sites (tertiary alicyclic amines) is 1. The summed E-state index contributed by atoms with van der Waals surface area (Å²) in [5, 5.41) is 24.8. The fourth-order valence-corrected chi connectivity index (χ4v) is 11.0. The molecule has 0 spiro atoms. The fourth-order valence-electron chi connectivity index (χ4n) is 10.2. The number of benzene rings is 3. The number of aryl methyl sites for hydroxylation is 1. The highest BCUT2D eigenvalue weighted by Gasteiger charge is 2.42. The molecule has 0 saturated carbocycles. The van der Waals surface area contributed by atoms with Gasteiger partial charge in [-0.1, -0.05) is 95.0 Å². The molecule has 8 rings (SSSR count). The number of nitrogens with two attached hydrogens (primary N) is 1. The molecule has 0 unspecified atom stereocenters. The van der Waals surface area contributed by atoms with E-state index in [2.05, 4.69) is 59.9 Å². The topological polar surface area (TPSA) is 199 Å². The van der Waals surface area contributed by atoms with Crippen molar-refractivity contribution >= 4 is 46.5 Å². The molecule has 3 fully saturated rings. The maximum atomic E-state index is 14.1. The van der Waals surface area contributed by atoms with Crippen LogP contribution in [0, 0.1) is 12.3 Å². The van der Waals surface area contributed by atoms with Crippen LogP contribution in [-0.4, -0.2) is 123 Å². The van der Waals surface area contributed by atoms with E-state index in [9.17, 15) is 24.3 Å². The molecule has 0 bridgehead atoms. The molecule has 5 heterocycles. The number of aromatic nitrogens is 3. The number of unbranched alkanes of at least 4 members (excludes halogenated alkanes) is 5. The van der Waals surface area contributed by atoms with Gasteiger partial charge in [-0.3, -0.25) is 24.1 Å². The molecule has 5 aromatic rings. The summed E-state index contributed by atoms with van der Waals surface area (Å²) in [6, 6.07) is 23.7. The van der Waals surface area contributed by atoms with Crippen molar-refractivity contribution in [1.82, 2.24) is 40.5 Å². The van der Waals surface area contributed by atoms with Crippen molar-refractivity contribution in [2.75, 3.05) is 56.4 Å². The SMILES string of the molecule is Cc1ncsc1-c1ccc([C@H](C)NC(=O)[C@@H]2CCCN2C(=O)[C@@H](NC(=O)CCCCCCCCC(=O)N2CCN(Cc3cccc(OC4CN(c5cc(-c6ccccc6O)nnc5N)C4)c3)CC2)C(C)(C)C)cc1. The zero-order valence-corrected chi connectivity index (χ0v) is 44.5. The number of rotatable bonds is 21. The number of phenolic OH excluding ortho intramolecular Hbond substituents is 1. The number of ether oxygens (including phenoxy) is 1. The van der Waals surface area contributed by atoms with Gasteiger partial charge in [0.15, 0.2) is 5.82 Å². The van der Waals surface area contributed by atoms with Gasteiger partial charge in [-0.25, -0.2) is 4.98 Å². The highest BCUT2D eigenvalue weighted by Crippen LogP contribution is 2.35. The molecular formula is C57H74N10O6S. The number of amides is 4. The first-order valence-electron chi connectivity index (χ1n) is 26.4. The second kappa shape index (κ2) is 24.6. The van der Waals surface area contributed by atoms with Gasteiger partial charge >= 0.3 is 0 Å². The van der Waals surface area contributed by atoms with Crippen molar-refractivity contribution in [3.63, 3.8) is 0 Å². The standard InChI is InChI=1S/C57H74N10O6S/c1-38(41-23-25-42(26-24-41)52-39(2)59-37-74-52)60-55(71)47-19-15-27-67(47)56(72)53(57(3,4)5)61-50(69)21-10-8-6-7-9-11-22-51(70)65-30-28-64(29-31-65)34-40-16-14-17-43(32-40)73-44-35-66(36-44)48-33-46(62-63-54(48)58)45-18-12-13-20-49(45)68/h12-14,16-18,20,23-26,32-33,37-38,44,47,53,68H,6-11,15,19,21-22,27-31,34-36H2,1-5H3,(H2,58,63)(H,60,71)(H,61,69)/t38-,47-,53+/m0/s1. The molecule has 5 N–H and O–H groups in total. The van der Waals surface area contributed by atoms with Crippen molar-refractivity contribution in [1.29, 1.82) is 0 Å². The molecule has 3 atom stereocenters. The molecule has 16 nitrogen and oxygen atoms in total. The van der Waals surface area contributed by atoms with Gasteiger partial charge in [0.25, 0.3) is 0 Å². The van der Waals surface area contributed by atoms with Crippen LogP contribution in [0.3, 0.4) is 0 Å². The van der Waals surface area contributed by atoms with Crippen molar-refractivity contribution in [2.24, 2.45) is 5.41 Å². The van der Waals surface area contributed by atoms with Crippen LogP contribution in [0.1, 0.15) is 115 Å². The van der Waals surface area contributed by atoms with Gasteiger partial charge in [0.1, 0.15) is 29.7 Å². The van der Waals surface area contributed by atoms with Crippen LogP contribution in [0.4, 0.5) is 11.5 Å². The highest BCUT2D eigenvalue weighted by molar-refractivity contribution is 7.13. The minimum Gasteiger partial charge on any atom is -0.507 e. The quantitative estimate of drug-likeness (QED) is 0.0514. The first kappa shape index (κ1) is 53.7. The summed E-state index contributed by atoms with van der Waals surface area (Å²) >= 11 is 1.61. The number of thiazole rings is 1. The fraction of sp³-hybridized carbons (Fsp3) is 0.491. The van der Waals surface area contributed by atoms with E-state index in [1.165, 1.54) is 5.56 Å². The van der Waals surface area contributed by atoms with Gasteiger partial charge in [-0.05, 0) is 92.0 Å². The number of para-hydroxylation sites is 1. The second-order valence-electron chi connectivity index (χ2n) is 21.3. The Hall–Kier alpha value is -6.59. The average Bonchev–Trinajstić information content (AvgIpc) is 4.05. The number of piperazine rings is 1. The lowest BCUT2D eigenvalue weighted by molar-refractivity contribution is -0.144. The Morgan fingerprint density at radius 1 is 0.851 bits per heavy atom. The average molecular weight is 1030 g/mol. The summed E-state index contributed by atoms with van der Waals surface area (Å²) in [5.41, 5.74) is 13.7. The first-order chi connectivity index (χ1) is 35.6. The smallest absolute Gasteiger partial charge is 0.246 e. The lowest BCUT2D eigenvalue weighted by Crippen LogP contribution is -2.57. The Morgan fingerprint density at radius 3 is 2.27 bits per heavy atom. The number of hydrogen-bond donors (Lipinski definition) is 4. The zero-order chi connectivity index (χ0) is 52.4. The highest BCUT2D eigenvalue weighted by atomic mass is 32.1. The molecule has 4 amide bonds. The van der Waals surface area contributed by atoms with E-state index in [4.69, 9.17) is 10.5 Å². The third kappa shape index (κ3) is 13.8. The molecule has 2 aromatic heterocycles. The molecule has 17 heteroatoms. The van der Waals surface area contributed by atoms with Crippen LogP contribution >= 0.6 is 11.3 Å². The maximum absolute atomic E-state index is 14.1. The number of carbonyl (C=O) groups is 4. The molecule has 0 radical (unpaired) electrons. The van der Waals surface area contributed by atoms with Crippen LogP contribution in [0.5, 0.6) is 11.5 Å². The largest absolute Gasteiger partial charge is 0.507 e. The van der Waals surface area contributed by atoms with Gasteiger partial charge in [0.2, 0.25) is 23.6 Å². The van der Waals surface area contributed by atoms with E-state index in [1.54, 1.807) is 34.4 Å². The maximum Gasteiger partial charge on any atom is 0.246 e. The molecule has 394 valence electrons. The van der Waals surface area contributed by atoms with Gasteiger partial charge in [-0.2, -0.15) is 0 Å². The van der Waals surface area contributed by atoms with Crippen LogP contribution in [0.15, 0.2) is 84.4 Å². The number of nitrogens with one attached hydrogen (secondary N) is 2. The van der Waals surface area contributed by atoms with Gasteiger partial charge in [0.05, 0.1) is 46.6 Å². The lowest BCUT2D eigenvalue weighted by Gasteiger charge is -2.41. The summed E-state index contributed by atoms with van der Waals surface area (Å²) in [4.78, 5) is 67.8. The van der Waals surface area contributed by atoms with Crippen LogP contribution < -0.4 is 26.0 Å². The predicted molar refractivity (Wildman–Crippen MR) is 290 cm³/mol. The molecule has 3 aromatic carbocycles. The minimum atomic E-state index is -0.750. The van der Waals surface area contributed by atoms with Crippen LogP contribution in [0.25, 0.3) is 21.7 Å². The van der Waals surface area contributed by atoms with Crippen molar-refractivity contribution in [3.05, 3.63) is 101 Å². The zero-order valence-electron chi connectivity index (χ0n) is 43.7. The van der Waals surface area contributed by atoms with Crippen molar-refractivity contribution < 1.29 is 29.0 Å². The molecule has 0 aliphatic carbocycles. The molecule has 3 aliphatic heterocycles. The summed E-state index contributed by atoms with van der Waals surface area (Å²) in [6.45, 7) is 15.4. The Morgan fingerprint density at radius 2 is 1.57 bits per heavy atom. The third-order valence-electron chi connectivity index (χ3n) is 14.6. The number of aromatic hydroxyl groups is 1. The summed E-state index contributed by atoms with van der Waals surface area (Å²) in [7, 11) is 0. The number of nitrogen functional groups attached to an aromatic ring is 1. The Kier molecular flexibility index (Phi) is 17.9. The van der Waals surface area contributed by atoms with Crippen molar-refractivity contribution in [3.8, 4) is 33.2 Å². The Bertz CT molecular complexity index is 2710. The van der Waals surface area contributed by atoms with Gasteiger partial charge in [0, 0.05) is 57.7 Å². The molecule has 3 aliphatic rings. The Labute approximate surface area is 440 Å².